The Morgan fingerprint density at radius 1 is 1.25 bits per heavy atom. The summed E-state index contributed by atoms with van der Waals surface area (Å²) in [5.74, 6) is 0.568. The van der Waals surface area contributed by atoms with Gasteiger partial charge in [-0.25, -0.2) is 4.39 Å². The van der Waals surface area contributed by atoms with Crippen molar-refractivity contribution in [2.45, 2.75) is 25.5 Å². The summed E-state index contributed by atoms with van der Waals surface area (Å²) in [5.41, 5.74) is 9.43. The van der Waals surface area contributed by atoms with Crippen LogP contribution in [0.1, 0.15) is 29.2 Å². The molecular weight excluding hydrogens is 321 g/mol. The molecule has 0 aliphatic heterocycles. The minimum atomic E-state index is -0.264. The van der Waals surface area contributed by atoms with Gasteiger partial charge in [0.15, 0.2) is 0 Å². The first kappa shape index (κ1) is 13.6. The van der Waals surface area contributed by atoms with E-state index < -0.39 is 0 Å². The van der Waals surface area contributed by atoms with Crippen molar-refractivity contribution >= 4 is 15.9 Å². The van der Waals surface area contributed by atoms with Crippen molar-refractivity contribution in [3.8, 4) is 5.75 Å². The molecule has 0 saturated carbocycles. The number of nitrogens with two attached hydrogens (primary N) is 1. The van der Waals surface area contributed by atoms with Gasteiger partial charge in [-0.05, 0) is 69.7 Å². The quantitative estimate of drug-likeness (QED) is 0.915. The fraction of sp³-hybridized carbons (Fsp3) is 0.250. The number of hydrogen-bond donors (Lipinski definition) is 1. The van der Waals surface area contributed by atoms with Gasteiger partial charge in [-0.15, -0.1) is 0 Å². The van der Waals surface area contributed by atoms with Gasteiger partial charge in [-0.3, -0.25) is 0 Å². The van der Waals surface area contributed by atoms with Crippen molar-refractivity contribution in [3.05, 3.63) is 63.4 Å². The molecule has 2 aromatic rings. The molecular formula is C16H15BrFNO. The third-order valence-electron chi connectivity index (χ3n) is 3.63. The number of benzene rings is 2. The lowest BCUT2D eigenvalue weighted by Crippen LogP contribution is -2.05. The summed E-state index contributed by atoms with van der Waals surface area (Å²) in [6.45, 7) is 0.420. The van der Waals surface area contributed by atoms with Crippen LogP contribution in [0.4, 0.5) is 4.39 Å². The van der Waals surface area contributed by atoms with Crippen LogP contribution in [0.15, 0.2) is 40.9 Å². The largest absolute Gasteiger partial charge is 0.489 e. The molecule has 0 saturated heterocycles. The lowest BCUT2D eigenvalue weighted by atomic mass is 10.1. The van der Waals surface area contributed by atoms with E-state index >= 15 is 0 Å². The maximum atomic E-state index is 13.1. The smallest absolute Gasteiger partial charge is 0.137 e. The van der Waals surface area contributed by atoms with Crippen molar-refractivity contribution in [3.63, 3.8) is 0 Å². The first-order chi connectivity index (χ1) is 9.63. The monoisotopic (exact) mass is 335 g/mol. The van der Waals surface area contributed by atoms with Gasteiger partial charge in [0, 0.05) is 6.04 Å². The molecule has 2 N–H and O–H groups in total. The van der Waals surface area contributed by atoms with Crippen molar-refractivity contribution in [2.24, 2.45) is 5.73 Å². The van der Waals surface area contributed by atoms with Gasteiger partial charge in [0.1, 0.15) is 18.2 Å². The summed E-state index contributed by atoms with van der Waals surface area (Å²) in [7, 11) is 0. The Labute approximate surface area is 125 Å². The normalized spacial score (nSPS) is 17.1. The van der Waals surface area contributed by atoms with E-state index in [1.54, 1.807) is 12.1 Å². The predicted octanol–water partition coefficient (Wildman–Crippen LogP) is 4.11. The van der Waals surface area contributed by atoms with E-state index in [1.807, 2.05) is 12.1 Å². The number of hydrogen-bond acceptors (Lipinski definition) is 2. The van der Waals surface area contributed by atoms with E-state index in [-0.39, 0.29) is 11.9 Å². The molecule has 0 fully saturated rings. The minimum Gasteiger partial charge on any atom is -0.489 e. The Balaban J connectivity index is 1.71. The van der Waals surface area contributed by atoms with Gasteiger partial charge >= 0.3 is 0 Å². The average Bonchev–Trinajstić information content (AvgIpc) is 2.81. The lowest BCUT2D eigenvalue weighted by molar-refractivity contribution is 0.305. The Kier molecular flexibility index (Phi) is 3.76. The Morgan fingerprint density at radius 2 is 2.10 bits per heavy atom. The summed E-state index contributed by atoms with van der Waals surface area (Å²) in [5, 5.41) is 0. The first-order valence-corrected chi connectivity index (χ1v) is 7.38. The van der Waals surface area contributed by atoms with Gasteiger partial charge in [0.2, 0.25) is 0 Å². The molecule has 104 valence electrons. The Bertz CT molecular complexity index is 644. The van der Waals surface area contributed by atoms with Crippen molar-refractivity contribution < 1.29 is 9.13 Å². The highest BCUT2D eigenvalue weighted by Crippen LogP contribution is 2.32. The molecule has 4 heteroatoms. The molecule has 0 spiro atoms. The van der Waals surface area contributed by atoms with Crippen molar-refractivity contribution in [2.75, 3.05) is 0 Å². The zero-order valence-corrected chi connectivity index (χ0v) is 12.5. The van der Waals surface area contributed by atoms with Gasteiger partial charge < -0.3 is 10.5 Å². The van der Waals surface area contributed by atoms with E-state index in [2.05, 4.69) is 22.0 Å². The van der Waals surface area contributed by atoms with E-state index in [0.717, 1.165) is 24.2 Å². The van der Waals surface area contributed by atoms with Gasteiger partial charge in [-0.1, -0.05) is 12.1 Å². The summed E-state index contributed by atoms with van der Waals surface area (Å²) < 4.78 is 19.4. The highest BCUT2D eigenvalue weighted by Gasteiger charge is 2.19. The van der Waals surface area contributed by atoms with Crippen LogP contribution < -0.4 is 10.5 Å². The second-order valence-electron chi connectivity index (χ2n) is 5.04. The summed E-state index contributed by atoms with van der Waals surface area (Å²) in [4.78, 5) is 0. The standard InChI is InChI=1S/C16H15BrFNO/c17-14-7-10(1-5-15(14)18)9-20-12-3-4-13-11(8-12)2-6-16(13)19/h1,3-5,7-8,16H,2,6,9,19H2/t16-/m0/s1. The molecule has 0 bridgehead atoms. The number of fused-ring (bicyclic) bond motifs is 1. The minimum absolute atomic E-state index is 0.159. The predicted molar refractivity (Wildman–Crippen MR) is 80.1 cm³/mol. The number of ether oxygens (including phenoxy) is 1. The molecule has 2 aromatic carbocycles. The molecule has 0 aromatic heterocycles. The average molecular weight is 336 g/mol. The molecule has 0 unspecified atom stereocenters. The summed E-state index contributed by atoms with van der Waals surface area (Å²) >= 11 is 3.18. The number of rotatable bonds is 3. The SMILES string of the molecule is N[C@H]1CCc2cc(OCc3ccc(F)c(Br)c3)ccc21. The van der Waals surface area contributed by atoms with Crippen molar-refractivity contribution in [1.82, 2.24) is 0 Å². The van der Waals surface area contributed by atoms with Crippen LogP contribution in [0.3, 0.4) is 0 Å². The van der Waals surface area contributed by atoms with Crippen LogP contribution in [-0.4, -0.2) is 0 Å². The lowest BCUT2D eigenvalue weighted by Gasteiger charge is -2.10. The summed E-state index contributed by atoms with van der Waals surface area (Å²) in [6.07, 6.45) is 2.01. The maximum Gasteiger partial charge on any atom is 0.137 e. The highest BCUT2D eigenvalue weighted by atomic mass is 79.9. The number of aryl methyl sites for hydroxylation is 1. The van der Waals surface area contributed by atoms with Gasteiger partial charge in [0.05, 0.1) is 4.47 Å². The Morgan fingerprint density at radius 3 is 2.90 bits per heavy atom. The van der Waals surface area contributed by atoms with E-state index in [9.17, 15) is 4.39 Å². The molecule has 20 heavy (non-hydrogen) atoms. The van der Waals surface area contributed by atoms with E-state index in [0.29, 0.717) is 11.1 Å². The molecule has 1 aliphatic rings. The van der Waals surface area contributed by atoms with E-state index in [1.165, 1.54) is 17.2 Å². The molecule has 2 nitrogen and oxygen atoms in total. The van der Waals surface area contributed by atoms with Gasteiger partial charge in [-0.2, -0.15) is 0 Å². The molecule has 1 atom stereocenters. The van der Waals surface area contributed by atoms with Crippen molar-refractivity contribution in [1.29, 1.82) is 0 Å². The second kappa shape index (κ2) is 5.54. The maximum absolute atomic E-state index is 13.1. The van der Waals surface area contributed by atoms with Crippen LogP contribution >= 0.6 is 15.9 Å². The third-order valence-corrected chi connectivity index (χ3v) is 4.24. The fourth-order valence-electron chi connectivity index (χ4n) is 2.51. The zero-order chi connectivity index (χ0) is 14.1. The van der Waals surface area contributed by atoms with E-state index in [4.69, 9.17) is 10.5 Å². The van der Waals surface area contributed by atoms with Crippen LogP contribution in [0.2, 0.25) is 0 Å². The molecule has 0 radical (unpaired) electrons. The van der Waals surface area contributed by atoms with Crippen LogP contribution in [0.25, 0.3) is 0 Å². The van der Waals surface area contributed by atoms with Crippen LogP contribution in [0, 0.1) is 5.82 Å². The third kappa shape index (κ3) is 2.72. The zero-order valence-electron chi connectivity index (χ0n) is 10.9. The van der Waals surface area contributed by atoms with Gasteiger partial charge in [0.25, 0.3) is 0 Å². The van der Waals surface area contributed by atoms with Crippen LogP contribution in [0.5, 0.6) is 5.75 Å². The molecule has 1 aliphatic carbocycles. The van der Waals surface area contributed by atoms with Crippen LogP contribution in [-0.2, 0) is 13.0 Å². The first-order valence-electron chi connectivity index (χ1n) is 6.58. The molecule has 0 amide bonds. The highest BCUT2D eigenvalue weighted by molar-refractivity contribution is 9.10. The summed E-state index contributed by atoms with van der Waals surface area (Å²) in [6, 6.07) is 11.1. The number of halogens is 2. The molecule has 0 heterocycles. The Hall–Kier alpha value is -1.39. The fourth-order valence-corrected chi connectivity index (χ4v) is 2.94. The topological polar surface area (TPSA) is 35.2 Å². The second-order valence-corrected chi connectivity index (χ2v) is 5.90. The molecule has 3 rings (SSSR count).